The molecule has 166 valence electrons. The van der Waals surface area contributed by atoms with Crippen LogP contribution in [-0.4, -0.2) is 52.9 Å². The normalized spacial score (nSPS) is 16.9. The summed E-state index contributed by atoms with van der Waals surface area (Å²) in [4.78, 5) is 36.0. The van der Waals surface area contributed by atoms with Gasteiger partial charge in [0, 0.05) is 25.2 Å². The predicted octanol–water partition coefficient (Wildman–Crippen LogP) is 3.58. The van der Waals surface area contributed by atoms with Crippen molar-refractivity contribution < 1.29 is 27.5 Å². The average molecular weight is 436 g/mol. The summed E-state index contributed by atoms with van der Waals surface area (Å²) >= 11 is 0. The monoisotopic (exact) mass is 436 g/mol. The SMILES string of the molecule is COc1ccc(CC(=O)CN2C(=O)N(c3ccc(C(F)(F)F)nc3)C[C@@H]2C(C)C)cn1. The topological polar surface area (TPSA) is 75.6 Å². The van der Waals surface area contributed by atoms with Gasteiger partial charge in [-0.3, -0.25) is 9.69 Å². The molecule has 1 saturated heterocycles. The number of carbonyl (C=O) groups excluding carboxylic acids is 2. The van der Waals surface area contributed by atoms with Crippen molar-refractivity contribution in [3.63, 3.8) is 0 Å². The molecule has 1 atom stereocenters. The number of aromatic nitrogens is 2. The highest BCUT2D eigenvalue weighted by Gasteiger charge is 2.41. The molecular formula is C21H23F3N4O3. The van der Waals surface area contributed by atoms with E-state index in [-0.39, 0.29) is 42.9 Å². The number of ketones is 1. The number of hydrogen-bond acceptors (Lipinski definition) is 5. The van der Waals surface area contributed by atoms with Gasteiger partial charge in [-0.2, -0.15) is 13.2 Å². The molecule has 0 bridgehead atoms. The van der Waals surface area contributed by atoms with Crippen molar-refractivity contribution in [2.75, 3.05) is 25.1 Å². The third-order valence-corrected chi connectivity index (χ3v) is 5.12. The van der Waals surface area contributed by atoms with Gasteiger partial charge in [-0.05, 0) is 23.6 Å². The van der Waals surface area contributed by atoms with Crippen molar-refractivity contribution in [3.05, 3.63) is 47.9 Å². The molecule has 0 spiro atoms. The number of rotatable bonds is 7. The van der Waals surface area contributed by atoms with Crippen molar-refractivity contribution in [2.45, 2.75) is 32.5 Å². The molecule has 3 rings (SSSR count). The van der Waals surface area contributed by atoms with Crippen molar-refractivity contribution in [2.24, 2.45) is 5.92 Å². The fraction of sp³-hybridized carbons (Fsp3) is 0.429. The highest BCUT2D eigenvalue weighted by Crippen LogP contribution is 2.31. The highest BCUT2D eigenvalue weighted by molar-refractivity contribution is 5.97. The fourth-order valence-corrected chi connectivity index (χ4v) is 3.46. The zero-order valence-electron chi connectivity index (χ0n) is 17.4. The van der Waals surface area contributed by atoms with Gasteiger partial charge in [0.15, 0.2) is 5.78 Å². The van der Waals surface area contributed by atoms with E-state index in [1.807, 2.05) is 13.8 Å². The molecule has 1 fully saturated rings. The maximum Gasteiger partial charge on any atom is 0.433 e. The molecule has 0 saturated carbocycles. The lowest BCUT2D eigenvalue weighted by atomic mass is 10.0. The Bertz CT molecular complexity index is 930. The van der Waals surface area contributed by atoms with E-state index in [2.05, 4.69) is 9.97 Å². The molecule has 10 heteroatoms. The summed E-state index contributed by atoms with van der Waals surface area (Å²) in [5.74, 6) is 0.316. The summed E-state index contributed by atoms with van der Waals surface area (Å²) in [6.07, 6.45) is -1.87. The van der Waals surface area contributed by atoms with Gasteiger partial charge in [0.25, 0.3) is 0 Å². The Morgan fingerprint density at radius 1 is 1.19 bits per heavy atom. The summed E-state index contributed by atoms with van der Waals surface area (Å²) in [5, 5.41) is 0. The Hall–Kier alpha value is -3.17. The second kappa shape index (κ2) is 8.91. The molecule has 3 heterocycles. The quantitative estimate of drug-likeness (QED) is 0.663. The number of amides is 2. The number of pyridine rings is 2. The minimum absolute atomic E-state index is 0.0480. The highest BCUT2D eigenvalue weighted by atomic mass is 19.4. The van der Waals surface area contributed by atoms with Crippen LogP contribution in [-0.2, 0) is 17.4 Å². The van der Waals surface area contributed by atoms with Gasteiger partial charge in [0.05, 0.1) is 31.6 Å². The van der Waals surface area contributed by atoms with Gasteiger partial charge in [0.2, 0.25) is 5.88 Å². The Morgan fingerprint density at radius 3 is 2.45 bits per heavy atom. The molecule has 0 aromatic carbocycles. The summed E-state index contributed by atoms with van der Waals surface area (Å²) in [7, 11) is 1.50. The lowest BCUT2D eigenvalue weighted by Gasteiger charge is -2.25. The molecule has 0 unspecified atom stereocenters. The van der Waals surface area contributed by atoms with E-state index in [0.717, 1.165) is 12.3 Å². The van der Waals surface area contributed by atoms with Crippen molar-refractivity contribution in [1.29, 1.82) is 0 Å². The first kappa shape index (κ1) is 22.5. The van der Waals surface area contributed by atoms with Gasteiger partial charge in [-0.25, -0.2) is 14.8 Å². The first-order valence-electron chi connectivity index (χ1n) is 9.72. The number of methoxy groups -OCH3 is 1. The van der Waals surface area contributed by atoms with Gasteiger partial charge in [0.1, 0.15) is 5.69 Å². The third kappa shape index (κ3) is 5.12. The minimum Gasteiger partial charge on any atom is -0.481 e. The van der Waals surface area contributed by atoms with Crippen LogP contribution in [0.5, 0.6) is 5.88 Å². The molecule has 31 heavy (non-hydrogen) atoms. The molecule has 1 aliphatic heterocycles. The van der Waals surface area contributed by atoms with E-state index in [0.29, 0.717) is 11.4 Å². The zero-order chi connectivity index (χ0) is 22.8. The second-order valence-electron chi connectivity index (χ2n) is 7.66. The average Bonchev–Trinajstić information content (AvgIpc) is 3.04. The number of carbonyl (C=O) groups is 2. The van der Waals surface area contributed by atoms with E-state index in [9.17, 15) is 22.8 Å². The van der Waals surface area contributed by atoms with Crippen LogP contribution in [0.4, 0.5) is 23.7 Å². The van der Waals surface area contributed by atoms with Crippen molar-refractivity contribution >= 4 is 17.5 Å². The summed E-state index contributed by atoms with van der Waals surface area (Å²) in [5.41, 5.74) is -0.0660. The third-order valence-electron chi connectivity index (χ3n) is 5.12. The number of halogens is 3. The Balaban J connectivity index is 1.73. The van der Waals surface area contributed by atoms with Crippen LogP contribution in [0, 0.1) is 5.92 Å². The molecule has 2 aromatic heterocycles. The van der Waals surface area contributed by atoms with Crippen molar-refractivity contribution in [3.8, 4) is 5.88 Å². The van der Waals surface area contributed by atoms with Gasteiger partial charge >= 0.3 is 12.2 Å². The molecule has 0 aliphatic carbocycles. The van der Waals surface area contributed by atoms with Crippen LogP contribution >= 0.6 is 0 Å². The number of hydrogen-bond donors (Lipinski definition) is 0. The number of ether oxygens (including phenoxy) is 1. The standard InChI is InChI=1S/C21H23F3N4O3/c1-13(2)17-12-27(15-5-6-18(25-10-15)21(22,23)24)20(30)28(17)11-16(29)8-14-4-7-19(31-3)26-9-14/h4-7,9-10,13,17H,8,11-12H2,1-3H3/t17-/m1/s1. The zero-order valence-corrected chi connectivity index (χ0v) is 17.4. The van der Waals surface area contributed by atoms with Crippen LogP contribution in [0.3, 0.4) is 0 Å². The molecule has 1 aliphatic rings. The maximum absolute atomic E-state index is 13.0. The number of urea groups is 1. The summed E-state index contributed by atoms with van der Waals surface area (Å²) in [6, 6.07) is 4.76. The molecule has 0 N–H and O–H groups in total. The molecule has 7 nitrogen and oxygen atoms in total. The van der Waals surface area contributed by atoms with E-state index in [4.69, 9.17) is 4.74 Å². The van der Waals surface area contributed by atoms with Crippen LogP contribution in [0.1, 0.15) is 25.1 Å². The lowest BCUT2D eigenvalue weighted by molar-refractivity contribution is -0.141. The molecule has 2 aromatic rings. The molecule has 2 amide bonds. The largest absolute Gasteiger partial charge is 0.481 e. The van der Waals surface area contributed by atoms with Crippen LogP contribution in [0.2, 0.25) is 0 Å². The first-order chi connectivity index (χ1) is 14.6. The predicted molar refractivity (Wildman–Crippen MR) is 107 cm³/mol. The van der Waals surface area contributed by atoms with Gasteiger partial charge in [-0.1, -0.05) is 19.9 Å². The summed E-state index contributed by atoms with van der Waals surface area (Å²) < 4.78 is 43.3. The first-order valence-corrected chi connectivity index (χ1v) is 9.72. The number of anilines is 1. The van der Waals surface area contributed by atoms with E-state index in [1.165, 1.54) is 23.0 Å². The number of nitrogens with zero attached hydrogens (tertiary/aromatic N) is 4. The van der Waals surface area contributed by atoms with Crippen LogP contribution in [0.15, 0.2) is 36.7 Å². The van der Waals surface area contributed by atoms with E-state index < -0.39 is 17.9 Å². The van der Waals surface area contributed by atoms with E-state index in [1.54, 1.807) is 18.3 Å². The van der Waals surface area contributed by atoms with Crippen molar-refractivity contribution in [1.82, 2.24) is 14.9 Å². The summed E-state index contributed by atoms with van der Waals surface area (Å²) in [6.45, 7) is 4.02. The fourth-order valence-electron chi connectivity index (χ4n) is 3.46. The maximum atomic E-state index is 13.0. The smallest absolute Gasteiger partial charge is 0.433 e. The van der Waals surface area contributed by atoms with Gasteiger partial charge in [-0.15, -0.1) is 0 Å². The van der Waals surface area contributed by atoms with Gasteiger partial charge < -0.3 is 9.64 Å². The van der Waals surface area contributed by atoms with E-state index >= 15 is 0 Å². The lowest BCUT2D eigenvalue weighted by Crippen LogP contribution is -2.41. The van der Waals surface area contributed by atoms with Crippen LogP contribution < -0.4 is 9.64 Å². The minimum atomic E-state index is -4.55. The number of Topliss-reactive ketones (excluding diaryl/α,β-unsaturated/α-hetero) is 1. The Labute approximate surface area is 177 Å². The Morgan fingerprint density at radius 2 is 1.94 bits per heavy atom. The Kier molecular flexibility index (Phi) is 6.47. The second-order valence-corrected chi connectivity index (χ2v) is 7.66. The molecule has 0 radical (unpaired) electrons. The van der Waals surface area contributed by atoms with Crippen LogP contribution in [0.25, 0.3) is 0 Å². The molecular weight excluding hydrogens is 413 g/mol. The number of alkyl halides is 3.